The maximum absolute atomic E-state index is 4.48. The molecule has 2 rings (SSSR count). The fraction of sp³-hybridized carbons (Fsp3) is 0.333. The van der Waals surface area contributed by atoms with Gasteiger partial charge in [-0.05, 0) is 11.0 Å². The van der Waals surface area contributed by atoms with Crippen molar-refractivity contribution < 1.29 is 0 Å². The molecule has 0 atom stereocenters. The highest BCUT2D eigenvalue weighted by Gasteiger charge is 2.13. The molecule has 1 aromatic carbocycles. The second-order valence-corrected chi connectivity index (χ2v) is 5.37. The van der Waals surface area contributed by atoms with E-state index in [1.54, 1.807) is 12.4 Å². The van der Waals surface area contributed by atoms with Gasteiger partial charge in [0.25, 0.3) is 0 Å². The van der Waals surface area contributed by atoms with E-state index in [-0.39, 0.29) is 5.41 Å². The minimum atomic E-state index is 0.178. The Morgan fingerprint density at radius 1 is 1.00 bits per heavy atom. The fourth-order valence-electron chi connectivity index (χ4n) is 1.77. The van der Waals surface area contributed by atoms with E-state index in [0.717, 1.165) is 17.1 Å². The van der Waals surface area contributed by atoms with Crippen LogP contribution >= 0.6 is 0 Å². The third kappa shape index (κ3) is 2.67. The maximum Gasteiger partial charge on any atom is 0.144 e. The van der Waals surface area contributed by atoms with Crippen molar-refractivity contribution in [2.24, 2.45) is 0 Å². The molecular formula is C15H19N3. The summed E-state index contributed by atoms with van der Waals surface area (Å²) in [6.45, 7) is 6.64. The Hall–Kier alpha value is -1.90. The van der Waals surface area contributed by atoms with Crippen LogP contribution < -0.4 is 5.32 Å². The lowest BCUT2D eigenvalue weighted by molar-refractivity contribution is 0.590. The van der Waals surface area contributed by atoms with E-state index in [1.807, 2.05) is 7.05 Å². The van der Waals surface area contributed by atoms with Crippen LogP contribution in [0.5, 0.6) is 0 Å². The van der Waals surface area contributed by atoms with Crippen LogP contribution in [0.1, 0.15) is 26.3 Å². The molecule has 2 aromatic rings. The second kappa shape index (κ2) is 4.77. The minimum Gasteiger partial charge on any atom is -0.372 e. The number of hydrogen-bond acceptors (Lipinski definition) is 3. The lowest BCUT2D eigenvalue weighted by Gasteiger charge is -2.19. The molecule has 0 radical (unpaired) electrons. The molecule has 0 bridgehead atoms. The first-order valence-electron chi connectivity index (χ1n) is 6.11. The van der Waals surface area contributed by atoms with E-state index in [0.29, 0.717) is 0 Å². The summed E-state index contributed by atoms with van der Waals surface area (Å²) in [6, 6.07) is 8.51. The molecule has 94 valence electrons. The highest BCUT2D eigenvalue weighted by atomic mass is 15.0. The van der Waals surface area contributed by atoms with Gasteiger partial charge in [-0.3, -0.25) is 4.98 Å². The summed E-state index contributed by atoms with van der Waals surface area (Å²) in [5, 5.41) is 3.00. The Morgan fingerprint density at radius 2 is 1.67 bits per heavy atom. The molecule has 0 amide bonds. The molecule has 0 spiro atoms. The summed E-state index contributed by atoms with van der Waals surface area (Å²) < 4.78 is 0. The van der Waals surface area contributed by atoms with Crippen LogP contribution in [0, 0.1) is 0 Å². The van der Waals surface area contributed by atoms with Gasteiger partial charge in [0.05, 0.1) is 18.1 Å². The summed E-state index contributed by atoms with van der Waals surface area (Å²) in [5.74, 6) is 0.785. The van der Waals surface area contributed by atoms with Crippen LogP contribution in [0.2, 0.25) is 0 Å². The minimum absolute atomic E-state index is 0.178. The number of aromatic nitrogens is 2. The Kier molecular flexibility index (Phi) is 3.32. The van der Waals surface area contributed by atoms with Crippen molar-refractivity contribution in [3.63, 3.8) is 0 Å². The van der Waals surface area contributed by atoms with E-state index in [1.165, 1.54) is 5.56 Å². The normalized spacial score (nSPS) is 11.3. The van der Waals surface area contributed by atoms with Crippen molar-refractivity contribution in [1.82, 2.24) is 9.97 Å². The summed E-state index contributed by atoms with van der Waals surface area (Å²) in [5.41, 5.74) is 3.48. The van der Waals surface area contributed by atoms with Gasteiger partial charge in [0, 0.05) is 12.6 Å². The number of anilines is 1. The second-order valence-electron chi connectivity index (χ2n) is 5.37. The van der Waals surface area contributed by atoms with Crippen LogP contribution in [-0.4, -0.2) is 17.0 Å². The lowest BCUT2D eigenvalue weighted by atomic mass is 9.86. The molecule has 0 unspecified atom stereocenters. The van der Waals surface area contributed by atoms with Gasteiger partial charge >= 0.3 is 0 Å². The van der Waals surface area contributed by atoms with E-state index in [9.17, 15) is 0 Å². The first kappa shape index (κ1) is 12.6. The van der Waals surface area contributed by atoms with E-state index in [2.05, 4.69) is 60.3 Å². The van der Waals surface area contributed by atoms with Gasteiger partial charge in [0.2, 0.25) is 0 Å². The zero-order valence-electron chi connectivity index (χ0n) is 11.4. The SMILES string of the molecule is CNc1cncc(-c2ccc(C(C)(C)C)cc2)n1. The molecule has 0 aliphatic heterocycles. The average Bonchev–Trinajstić information content (AvgIpc) is 2.38. The van der Waals surface area contributed by atoms with Crippen LogP contribution in [0.3, 0.4) is 0 Å². The Labute approximate surface area is 108 Å². The smallest absolute Gasteiger partial charge is 0.144 e. The van der Waals surface area contributed by atoms with Crippen LogP contribution in [0.15, 0.2) is 36.7 Å². The van der Waals surface area contributed by atoms with Crippen molar-refractivity contribution in [3.05, 3.63) is 42.2 Å². The topological polar surface area (TPSA) is 37.8 Å². The molecule has 0 aliphatic rings. The monoisotopic (exact) mass is 241 g/mol. The molecule has 0 saturated heterocycles. The van der Waals surface area contributed by atoms with E-state index in [4.69, 9.17) is 0 Å². The van der Waals surface area contributed by atoms with Gasteiger partial charge in [0.1, 0.15) is 5.82 Å². The van der Waals surface area contributed by atoms with Gasteiger partial charge in [-0.1, -0.05) is 45.0 Å². The predicted octanol–water partition coefficient (Wildman–Crippen LogP) is 3.48. The van der Waals surface area contributed by atoms with Gasteiger partial charge in [-0.25, -0.2) is 4.98 Å². The molecule has 1 heterocycles. The molecular weight excluding hydrogens is 222 g/mol. The molecule has 18 heavy (non-hydrogen) atoms. The van der Waals surface area contributed by atoms with Gasteiger partial charge in [-0.15, -0.1) is 0 Å². The lowest BCUT2D eigenvalue weighted by Crippen LogP contribution is -2.10. The molecule has 0 fully saturated rings. The number of nitrogens with one attached hydrogen (secondary N) is 1. The maximum atomic E-state index is 4.48. The van der Waals surface area contributed by atoms with Gasteiger partial charge in [0.15, 0.2) is 0 Å². The number of rotatable bonds is 2. The molecule has 3 nitrogen and oxygen atoms in total. The van der Waals surface area contributed by atoms with Crippen LogP contribution in [0.4, 0.5) is 5.82 Å². The Bertz CT molecular complexity index is 524. The quantitative estimate of drug-likeness (QED) is 0.874. The van der Waals surface area contributed by atoms with E-state index < -0.39 is 0 Å². The van der Waals surface area contributed by atoms with Crippen molar-refractivity contribution in [2.45, 2.75) is 26.2 Å². The Morgan fingerprint density at radius 3 is 2.22 bits per heavy atom. The van der Waals surface area contributed by atoms with Crippen molar-refractivity contribution >= 4 is 5.82 Å². The number of hydrogen-bond donors (Lipinski definition) is 1. The Balaban J connectivity index is 2.34. The third-order valence-corrected chi connectivity index (χ3v) is 2.94. The summed E-state index contributed by atoms with van der Waals surface area (Å²) in [4.78, 5) is 8.66. The standard InChI is InChI=1S/C15H19N3/c1-15(2,3)12-7-5-11(6-8-12)13-9-17-10-14(16-4)18-13/h5-10H,1-4H3,(H,16,18). The number of benzene rings is 1. The molecule has 1 aromatic heterocycles. The largest absolute Gasteiger partial charge is 0.372 e. The van der Waals surface area contributed by atoms with Crippen molar-refractivity contribution in [2.75, 3.05) is 12.4 Å². The third-order valence-electron chi connectivity index (χ3n) is 2.94. The van der Waals surface area contributed by atoms with Gasteiger partial charge in [-0.2, -0.15) is 0 Å². The van der Waals surface area contributed by atoms with Crippen LogP contribution in [0.25, 0.3) is 11.3 Å². The highest BCUT2D eigenvalue weighted by Crippen LogP contribution is 2.25. The zero-order valence-corrected chi connectivity index (χ0v) is 11.4. The van der Waals surface area contributed by atoms with Gasteiger partial charge < -0.3 is 5.32 Å². The number of nitrogens with zero attached hydrogens (tertiary/aromatic N) is 2. The van der Waals surface area contributed by atoms with Crippen molar-refractivity contribution in [3.8, 4) is 11.3 Å². The summed E-state index contributed by atoms with van der Waals surface area (Å²) in [6.07, 6.45) is 3.50. The molecule has 3 heteroatoms. The van der Waals surface area contributed by atoms with Crippen molar-refractivity contribution in [1.29, 1.82) is 0 Å². The fourth-order valence-corrected chi connectivity index (χ4v) is 1.77. The van der Waals surface area contributed by atoms with E-state index >= 15 is 0 Å². The molecule has 1 N–H and O–H groups in total. The average molecular weight is 241 g/mol. The summed E-state index contributed by atoms with van der Waals surface area (Å²) in [7, 11) is 1.84. The first-order chi connectivity index (χ1) is 8.50. The zero-order chi connectivity index (χ0) is 13.2. The molecule has 0 saturated carbocycles. The summed E-state index contributed by atoms with van der Waals surface area (Å²) >= 11 is 0. The first-order valence-corrected chi connectivity index (χ1v) is 6.11. The van der Waals surface area contributed by atoms with Crippen LogP contribution in [-0.2, 0) is 5.41 Å². The molecule has 0 aliphatic carbocycles. The highest BCUT2D eigenvalue weighted by molar-refractivity contribution is 5.60. The predicted molar refractivity (Wildman–Crippen MR) is 75.7 cm³/mol.